The van der Waals surface area contributed by atoms with Crippen molar-refractivity contribution in [2.75, 3.05) is 13.1 Å². The molecule has 0 atom stereocenters. The molecule has 3 amide bonds. The lowest BCUT2D eigenvalue weighted by Crippen LogP contribution is -2.51. The maximum absolute atomic E-state index is 12.8. The van der Waals surface area contributed by atoms with E-state index in [2.05, 4.69) is 33.4 Å². The summed E-state index contributed by atoms with van der Waals surface area (Å²) in [7, 11) is 0. The van der Waals surface area contributed by atoms with Gasteiger partial charge in [-0.05, 0) is 49.9 Å². The lowest BCUT2D eigenvalue weighted by atomic mass is 9.95. The molecule has 0 radical (unpaired) electrons. The number of para-hydroxylation sites is 3. The van der Waals surface area contributed by atoms with E-state index < -0.39 is 0 Å². The van der Waals surface area contributed by atoms with Gasteiger partial charge >= 0.3 is 6.03 Å². The highest BCUT2D eigenvalue weighted by atomic mass is 16.2. The number of imidazole rings is 1. The summed E-state index contributed by atoms with van der Waals surface area (Å²) in [5.41, 5.74) is 3.04. The van der Waals surface area contributed by atoms with Crippen LogP contribution in [0.2, 0.25) is 0 Å². The van der Waals surface area contributed by atoms with Crippen molar-refractivity contribution in [2.24, 2.45) is 0 Å². The Kier molecular flexibility index (Phi) is 7.31. The summed E-state index contributed by atoms with van der Waals surface area (Å²) in [6.45, 7) is 1.38. The first kappa shape index (κ1) is 23.4. The van der Waals surface area contributed by atoms with Gasteiger partial charge in [-0.25, -0.2) is 9.78 Å². The number of piperidine rings is 1. The summed E-state index contributed by atoms with van der Waals surface area (Å²) in [4.78, 5) is 32.1. The number of aryl methyl sites for hydroxylation is 1. The molecular formula is C28H35N5O2. The van der Waals surface area contributed by atoms with Gasteiger partial charge in [0, 0.05) is 43.7 Å². The standard InChI is InChI=1S/C28H35N5O2/c34-27(29-22-17-19-32(20-18-22)28(35)30-21-9-3-1-4-10-21)16-15-26-31-24-13-7-8-14-25(24)33(26)23-11-5-2-6-12-23/h2,5-8,11-14,21-22H,1,3-4,9-10,15-20H2,(H,29,34)(H,30,35). The van der Waals surface area contributed by atoms with Gasteiger partial charge < -0.3 is 15.5 Å². The van der Waals surface area contributed by atoms with Crippen LogP contribution in [0.15, 0.2) is 54.6 Å². The Morgan fingerprint density at radius 3 is 2.29 bits per heavy atom. The van der Waals surface area contributed by atoms with Crippen LogP contribution in [0.1, 0.15) is 57.2 Å². The molecule has 184 valence electrons. The molecule has 1 aliphatic carbocycles. The van der Waals surface area contributed by atoms with Crippen molar-refractivity contribution in [3.63, 3.8) is 0 Å². The summed E-state index contributed by atoms with van der Waals surface area (Å²) in [5.74, 6) is 0.934. The molecule has 2 aliphatic rings. The van der Waals surface area contributed by atoms with Crippen LogP contribution in [-0.2, 0) is 11.2 Å². The molecule has 1 saturated carbocycles. The second-order valence-electron chi connectivity index (χ2n) is 9.80. The average molecular weight is 474 g/mol. The van der Waals surface area contributed by atoms with Gasteiger partial charge in [0.2, 0.25) is 5.91 Å². The third-order valence-corrected chi connectivity index (χ3v) is 7.30. The van der Waals surface area contributed by atoms with Gasteiger partial charge in [0.1, 0.15) is 5.82 Å². The number of fused-ring (bicyclic) bond motifs is 1. The Morgan fingerprint density at radius 2 is 1.51 bits per heavy atom. The summed E-state index contributed by atoms with van der Waals surface area (Å²) in [5, 5.41) is 6.39. The first-order chi connectivity index (χ1) is 17.2. The van der Waals surface area contributed by atoms with Gasteiger partial charge in [0.25, 0.3) is 0 Å². The Labute approximate surface area is 206 Å². The Bertz CT molecular complexity index is 1140. The minimum absolute atomic E-state index is 0.0433. The van der Waals surface area contributed by atoms with E-state index in [-0.39, 0.29) is 18.0 Å². The van der Waals surface area contributed by atoms with Crippen LogP contribution in [0.3, 0.4) is 0 Å². The molecule has 2 aromatic carbocycles. The predicted octanol–water partition coefficient (Wildman–Crippen LogP) is 4.58. The first-order valence-electron chi connectivity index (χ1n) is 13.0. The van der Waals surface area contributed by atoms with Gasteiger partial charge in [0.15, 0.2) is 0 Å². The van der Waals surface area contributed by atoms with E-state index in [0.29, 0.717) is 32.0 Å². The molecule has 3 aromatic rings. The third-order valence-electron chi connectivity index (χ3n) is 7.30. The van der Waals surface area contributed by atoms with Crippen molar-refractivity contribution in [1.82, 2.24) is 25.1 Å². The van der Waals surface area contributed by atoms with Gasteiger partial charge in [-0.15, -0.1) is 0 Å². The van der Waals surface area contributed by atoms with Crippen LogP contribution < -0.4 is 10.6 Å². The van der Waals surface area contributed by atoms with Crippen LogP contribution in [0.4, 0.5) is 4.79 Å². The molecule has 7 nitrogen and oxygen atoms in total. The molecule has 2 N–H and O–H groups in total. The highest BCUT2D eigenvalue weighted by Gasteiger charge is 2.26. The monoisotopic (exact) mass is 473 g/mol. The number of rotatable bonds is 6. The Hall–Kier alpha value is -3.35. The molecule has 0 spiro atoms. The summed E-state index contributed by atoms with van der Waals surface area (Å²) < 4.78 is 2.14. The number of nitrogens with zero attached hydrogens (tertiary/aromatic N) is 3. The number of benzene rings is 2. The molecule has 1 aromatic heterocycles. The molecule has 1 saturated heterocycles. The van der Waals surface area contributed by atoms with Crippen molar-refractivity contribution in [1.29, 1.82) is 0 Å². The number of urea groups is 1. The second-order valence-corrected chi connectivity index (χ2v) is 9.80. The number of hydrogen-bond acceptors (Lipinski definition) is 3. The van der Waals surface area contributed by atoms with Crippen LogP contribution >= 0.6 is 0 Å². The van der Waals surface area contributed by atoms with Crippen molar-refractivity contribution in [3.8, 4) is 5.69 Å². The van der Waals surface area contributed by atoms with Crippen molar-refractivity contribution in [3.05, 3.63) is 60.4 Å². The van der Waals surface area contributed by atoms with Crippen LogP contribution in [-0.4, -0.2) is 51.6 Å². The Morgan fingerprint density at radius 1 is 0.829 bits per heavy atom. The minimum Gasteiger partial charge on any atom is -0.353 e. The normalized spacial score (nSPS) is 17.4. The molecule has 35 heavy (non-hydrogen) atoms. The molecule has 7 heteroatoms. The lowest BCUT2D eigenvalue weighted by Gasteiger charge is -2.34. The first-order valence-corrected chi connectivity index (χ1v) is 13.0. The second kappa shape index (κ2) is 10.9. The van der Waals surface area contributed by atoms with E-state index in [1.807, 2.05) is 41.3 Å². The predicted molar refractivity (Wildman–Crippen MR) is 138 cm³/mol. The summed E-state index contributed by atoms with van der Waals surface area (Å²) >= 11 is 0. The van der Waals surface area contributed by atoms with Crippen LogP contribution in [0.5, 0.6) is 0 Å². The van der Waals surface area contributed by atoms with E-state index in [1.165, 1.54) is 19.3 Å². The van der Waals surface area contributed by atoms with Gasteiger partial charge in [-0.3, -0.25) is 9.36 Å². The van der Waals surface area contributed by atoms with Gasteiger partial charge in [-0.2, -0.15) is 0 Å². The molecular weight excluding hydrogens is 438 g/mol. The number of likely N-dealkylation sites (tertiary alicyclic amines) is 1. The highest BCUT2D eigenvalue weighted by molar-refractivity contribution is 5.79. The topological polar surface area (TPSA) is 79.3 Å². The Balaban J connectivity index is 1.13. The quantitative estimate of drug-likeness (QED) is 0.550. The lowest BCUT2D eigenvalue weighted by molar-refractivity contribution is -0.122. The fourth-order valence-electron chi connectivity index (χ4n) is 5.37. The largest absolute Gasteiger partial charge is 0.353 e. The number of carbonyl (C=O) groups excluding carboxylic acids is 2. The van der Waals surface area contributed by atoms with E-state index in [9.17, 15) is 9.59 Å². The fourth-order valence-corrected chi connectivity index (χ4v) is 5.37. The van der Waals surface area contributed by atoms with Crippen LogP contribution in [0, 0.1) is 0 Å². The molecule has 2 fully saturated rings. The van der Waals surface area contributed by atoms with Crippen LogP contribution in [0.25, 0.3) is 16.7 Å². The van der Waals surface area contributed by atoms with Crippen molar-refractivity contribution in [2.45, 2.75) is 69.9 Å². The maximum atomic E-state index is 12.8. The molecule has 0 bridgehead atoms. The zero-order valence-corrected chi connectivity index (χ0v) is 20.3. The highest BCUT2D eigenvalue weighted by Crippen LogP contribution is 2.23. The number of carbonyl (C=O) groups is 2. The maximum Gasteiger partial charge on any atom is 0.317 e. The molecule has 0 unspecified atom stereocenters. The molecule has 1 aliphatic heterocycles. The van der Waals surface area contributed by atoms with Crippen molar-refractivity contribution < 1.29 is 9.59 Å². The summed E-state index contributed by atoms with van der Waals surface area (Å²) in [6, 6.07) is 18.7. The van der Waals surface area contributed by atoms with E-state index >= 15 is 0 Å². The van der Waals surface area contributed by atoms with E-state index in [0.717, 1.165) is 48.2 Å². The zero-order valence-electron chi connectivity index (χ0n) is 20.3. The number of aromatic nitrogens is 2. The zero-order chi connectivity index (χ0) is 24.0. The number of hydrogen-bond donors (Lipinski definition) is 2. The molecule has 2 heterocycles. The summed E-state index contributed by atoms with van der Waals surface area (Å²) in [6.07, 6.45) is 8.44. The minimum atomic E-state index is 0.0433. The number of nitrogens with one attached hydrogen (secondary N) is 2. The third kappa shape index (κ3) is 5.66. The molecule has 5 rings (SSSR count). The number of amides is 3. The smallest absolute Gasteiger partial charge is 0.317 e. The van der Waals surface area contributed by atoms with E-state index in [1.54, 1.807) is 0 Å². The average Bonchev–Trinajstić information content (AvgIpc) is 3.27. The van der Waals surface area contributed by atoms with Gasteiger partial charge in [0.05, 0.1) is 11.0 Å². The van der Waals surface area contributed by atoms with Gasteiger partial charge in [-0.1, -0.05) is 49.6 Å². The fraction of sp³-hybridized carbons (Fsp3) is 0.464. The SMILES string of the molecule is O=C(CCc1nc2ccccc2n1-c1ccccc1)NC1CCN(C(=O)NC2CCCCC2)CC1. The van der Waals surface area contributed by atoms with E-state index in [4.69, 9.17) is 4.98 Å². The van der Waals surface area contributed by atoms with Crippen molar-refractivity contribution >= 4 is 23.0 Å².